The average molecular weight is 272 g/mol. The summed E-state index contributed by atoms with van der Waals surface area (Å²) in [5, 5.41) is 16.7. The number of hydrogen-bond acceptors (Lipinski definition) is 1. The molecule has 102 valence electrons. The highest BCUT2D eigenvalue weighted by Gasteiger charge is 2.02. The van der Waals surface area contributed by atoms with Crippen molar-refractivity contribution >= 4 is 32.3 Å². The number of hydrogen-bond donors (Lipinski definition) is 1. The van der Waals surface area contributed by atoms with Crippen molar-refractivity contribution < 1.29 is 5.11 Å². The maximum atomic E-state index is 9.08. The van der Waals surface area contributed by atoms with Gasteiger partial charge in [-0.3, -0.25) is 0 Å². The molecule has 0 heterocycles. The molecule has 1 nitrogen and oxygen atoms in total. The third-order valence-corrected chi connectivity index (χ3v) is 4.13. The number of benzene rings is 4. The molecule has 0 unspecified atom stereocenters. The molecule has 4 aromatic rings. The maximum absolute atomic E-state index is 9.08. The lowest BCUT2D eigenvalue weighted by Crippen LogP contribution is -1.90. The Morgan fingerprint density at radius 3 is 1.71 bits per heavy atom. The van der Waals surface area contributed by atoms with Crippen molar-refractivity contribution in [1.82, 2.24) is 0 Å². The van der Waals surface area contributed by atoms with Gasteiger partial charge in [-0.25, -0.2) is 0 Å². The van der Waals surface area contributed by atoms with E-state index in [1.165, 1.54) is 37.9 Å². The van der Waals surface area contributed by atoms with Crippen molar-refractivity contribution in [3.63, 3.8) is 0 Å². The zero-order valence-corrected chi connectivity index (χ0v) is 11.7. The molecular formula is C20H16O. The van der Waals surface area contributed by atoms with Crippen LogP contribution in [0.3, 0.4) is 0 Å². The second-order valence-corrected chi connectivity index (χ2v) is 5.55. The Balaban J connectivity index is 2.01. The summed E-state index contributed by atoms with van der Waals surface area (Å²) < 4.78 is 0. The van der Waals surface area contributed by atoms with Gasteiger partial charge in [0.2, 0.25) is 0 Å². The van der Waals surface area contributed by atoms with E-state index in [4.69, 9.17) is 5.11 Å². The molecule has 0 aliphatic rings. The fraction of sp³-hybridized carbons (Fsp3) is 0.100. The van der Waals surface area contributed by atoms with Crippen LogP contribution in [0.25, 0.3) is 32.3 Å². The van der Waals surface area contributed by atoms with Crippen molar-refractivity contribution in [3.05, 3.63) is 72.3 Å². The summed E-state index contributed by atoms with van der Waals surface area (Å²) in [5.74, 6) is 0. The molecule has 1 heteroatoms. The summed E-state index contributed by atoms with van der Waals surface area (Å²) in [6.45, 7) is 0.198. The van der Waals surface area contributed by atoms with Crippen LogP contribution in [0.5, 0.6) is 0 Å². The molecule has 4 aromatic carbocycles. The Bertz CT molecular complexity index is 954. The first-order valence-electron chi connectivity index (χ1n) is 7.29. The minimum absolute atomic E-state index is 0.198. The monoisotopic (exact) mass is 272 g/mol. The van der Waals surface area contributed by atoms with Gasteiger partial charge >= 0.3 is 0 Å². The molecule has 0 aliphatic carbocycles. The van der Waals surface area contributed by atoms with Crippen molar-refractivity contribution in [2.45, 2.75) is 6.42 Å². The van der Waals surface area contributed by atoms with Crippen LogP contribution < -0.4 is 0 Å². The van der Waals surface area contributed by atoms with Gasteiger partial charge in [-0.15, -0.1) is 0 Å². The second kappa shape index (κ2) is 4.87. The first-order valence-corrected chi connectivity index (χ1v) is 7.29. The van der Waals surface area contributed by atoms with Crippen LogP contribution in [0.4, 0.5) is 0 Å². The average Bonchev–Trinajstić information content (AvgIpc) is 2.51. The molecule has 21 heavy (non-hydrogen) atoms. The Kier molecular flexibility index (Phi) is 2.87. The van der Waals surface area contributed by atoms with E-state index >= 15 is 0 Å². The summed E-state index contributed by atoms with van der Waals surface area (Å²) in [6.07, 6.45) is 0.714. The SMILES string of the molecule is OCCc1ccc2cc3cc4ccccc4cc3cc2c1. The summed E-state index contributed by atoms with van der Waals surface area (Å²) >= 11 is 0. The van der Waals surface area contributed by atoms with Gasteiger partial charge in [0.1, 0.15) is 0 Å². The molecule has 0 atom stereocenters. The molecule has 0 saturated carbocycles. The van der Waals surface area contributed by atoms with Gasteiger partial charge in [0.15, 0.2) is 0 Å². The lowest BCUT2D eigenvalue weighted by atomic mass is 9.98. The van der Waals surface area contributed by atoms with Gasteiger partial charge in [-0.1, -0.05) is 42.5 Å². The first-order chi connectivity index (χ1) is 10.3. The Morgan fingerprint density at radius 2 is 1.10 bits per heavy atom. The molecular weight excluding hydrogens is 256 g/mol. The molecule has 0 aliphatic heterocycles. The van der Waals surface area contributed by atoms with Crippen LogP contribution in [-0.4, -0.2) is 11.7 Å². The molecule has 0 saturated heterocycles. The Labute approximate surface area is 123 Å². The molecule has 0 spiro atoms. The van der Waals surface area contributed by atoms with Crippen LogP contribution in [0.15, 0.2) is 66.7 Å². The van der Waals surface area contributed by atoms with Crippen LogP contribution in [0.1, 0.15) is 5.56 Å². The predicted octanol–water partition coefficient (Wildman–Crippen LogP) is 4.68. The van der Waals surface area contributed by atoms with Crippen molar-refractivity contribution in [3.8, 4) is 0 Å². The summed E-state index contributed by atoms with van der Waals surface area (Å²) in [4.78, 5) is 0. The van der Waals surface area contributed by atoms with E-state index in [1.807, 2.05) is 0 Å². The summed E-state index contributed by atoms with van der Waals surface area (Å²) in [7, 11) is 0. The Hall–Kier alpha value is -2.38. The molecule has 0 fully saturated rings. The molecule has 4 rings (SSSR count). The first kappa shape index (κ1) is 12.4. The standard InChI is InChI=1S/C20H16O/c21-8-7-14-5-6-17-12-19-10-15-3-1-2-4-16(15)11-20(19)13-18(17)9-14/h1-6,9-13,21H,7-8H2. The molecule has 0 amide bonds. The highest BCUT2D eigenvalue weighted by atomic mass is 16.2. The van der Waals surface area contributed by atoms with E-state index in [0.29, 0.717) is 6.42 Å². The minimum Gasteiger partial charge on any atom is -0.396 e. The predicted molar refractivity (Wildman–Crippen MR) is 89.7 cm³/mol. The smallest absolute Gasteiger partial charge is 0.0471 e. The summed E-state index contributed by atoms with van der Waals surface area (Å²) in [5.41, 5.74) is 1.19. The quantitative estimate of drug-likeness (QED) is 0.525. The number of rotatable bonds is 2. The van der Waals surface area contributed by atoms with Crippen molar-refractivity contribution in [2.24, 2.45) is 0 Å². The van der Waals surface area contributed by atoms with E-state index in [9.17, 15) is 0 Å². The topological polar surface area (TPSA) is 20.2 Å². The Morgan fingerprint density at radius 1 is 0.571 bits per heavy atom. The third-order valence-electron chi connectivity index (χ3n) is 4.13. The maximum Gasteiger partial charge on any atom is 0.0471 e. The molecule has 0 radical (unpaired) electrons. The molecule has 1 N–H and O–H groups in total. The van der Waals surface area contributed by atoms with Crippen LogP contribution in [-0.2, 0) is 6.42 Å². The lowest BCUT2D eigenvalue weighted by molar-refractivity contribution is 0.299. The van der Waals surface area contributed by atoms with Crippen LogP contribution in [0, 0.1) is 0 Å². The lowest BCUT2D eigenvalue weighted by Gasteiger charge is -2.07. The van der Waals surface area contributed by atoms with Gasteiger partial charge in [-0.2, -0.15) is 0 Å². The zero-order valence-electron chi connectivity index (χ0n) is 11.7. The van der Waals surface area contributed by atoms with Crippen molar-refractivity contribution in [1.29, 1.82) is 0 Å². The minimum atomic E-state index is 0.198. The number of aliphatic hydroxyl groups is 1. The van der Waals surface area contributed by atoms with E-state index in [-0.39, 0.29) is 6.61 Å². The zero-order chi connectivity index (χ0) is 14.2. The van der Waals surface area contributed by atoms with Gasteiger partial charge < -0.3 is 5.11 Å². The van der Waals surface area contributed by atoms with Crippen LogP contribution in [0.2, 0.25) is 0 Å². The second-order valence-electron chi connectivity index (χ2n) is 5.55. The van der Waals surface area contributed by atoms with Gasteiger partial charge in [0.05, 0.1) is 0 Å². The van der Waals surface area contributed by atoms with Crippen molar-refractivity contribution in [2.75, 3.05) is 6.61 Å². The van der Waals surface area contributed by atoms with Crippen LogP contribution >= 0.6 is 0 Å². The third kappa shape index (κ3) is 2.16. The van der Waals surface area contributed by atoms with E-state index in [2.05, 4.69) is 66.7 Å². The summed E-state index contributed by atoms with van der Waals surface area (Å²) in [6, 6.07) is 23.9. The van der Waals surface area contributed by atoms with E-state index in [0.717, 1.165) is 0 Å². The van der Waals surface area contributed by atoms with Gasteiger partial charge in [-0.05, 0) is 68.6 Å². The molecule has 0 bridgehead atoms. The number of aliphatic hydroxyl groups excluding tert-OH is 1. The number of fused-ring (bicyclic) bond motifs is 3. The van der Waals surface area contributed by atoms with E-state index < -0.39 is 0 Å². The normalized spacial score (nSPS) is 11.5. The fourth-order valence-corrected chi connectivity index (χ4v) is 3.03. The highest BCUT2D eigenvalue weighted by Crippen LogP contribution is 2.28. The van der Waals surface area contributed by atoms with Gasteiger partial charge in [0.25, 0.3) is 0 Å². The fourth-order valence-electron chi connectivity index (χ4n) is 3.03. The molecule has 0 aromatic heterocycles. The highest BCUT2D eigenvalue weighted by molar-refractivity contribution is 6.04. The largest absolute Gasteiger partial charge is 0.396 e. The van der Waals surface area contributed by atoms with E-state index in [1.54, 1.807) is 0 Å². The van der Waals surface area contributed by atoms with Gasteiger partial charge in [0, 0.05) is 6.61 Å².